The first kappa shape index (κ1) is 10.2. The van der Waals surface area contributed by atoms with Gasteiger partial charge >= 0.3 is 0 Å². The largest absolute Gasteiger partial charge is 0.395 e. The maximum atomic E-state index is 8.86. The first-order chi connectivity index (χ1) is 7.26. The zero-order chi connectivity index (χ0) is 10.8. The lowest BCUT2D eigenvalue weighted by Gasteiger charge is -2.02. The second-order valence-electron chi connectivity index (χ2n) is 2.92. The third-order valence-corrected chi connectivity index (χ3v) is 2.65. The monoisotopic (exact) mass is 225 g/mol. The minimum absolute atomic E-state index is 0.0456. The Bertz CT molecular complexity index is 483. The Morgan fingerprint density at radius 2 is 2.33 bits per heavy atom. The molecule has 2 rings (SSSR count). The van der Waals surface area contributed by atoms with Crippen LogP contribution in [0.25, 0.3) is 11.2 Å². The molecular formula is C8H11N5OS. The Hall–Kier alpha value is -1.34. The third-order valence-electron chi connectivity index (χ3n) is 1.98. The van der Waals surface area contributed by atoms with E-state index < -0.39 is 0 Å². The number of rotatable bonds is 3. The molecule has 80 valence electrons. The summed E-state index contributed by atoms with van der Waals surface area (Å²) >= 11 is 1.47. The van der Waals surface area contributed by atoms with E-state index in [0.29, 0.717) is 12.2 Å². The number of fused-ring (bicyclic) bond motifs is 1. The molecule has 0 aromatic carbocycles. The highest BCUT2D eigenvalue weighted by molar-refractivity contribution is 7.98. The Kier molecular flexibility index (Phi) is 2.74. The molecule has 6 nitrogen and oxygen atoms in total. The molecule has 2 aromatic rings. The summed E-state index contributed by atoms with van der Waals surface area (Å²) in [5, 5.41) is 9.62. The van der Waals surface area contributed by atoms with E-state index >= 15 is 0 Å². The van der Waals surface area contributed by atoms with Gasteiger partial charge in [0.2, 0.25) is 5.95 Å². The van der Waals surface area contributed by atoms with E-state index in [1.165, 1.54) is 11.8 Å². The molecule has 0 amide bonds. The Morgan fingerprint density at radius 1 is 1.53 bits per heavy atom. The molecule has 0 radical (unpaired) electrons. The summed E-state index contributed by atoms with van der Waals surface area (Å²) in [4.78, 5) is 12.4. The maximum absolute atomic E-state index is 8.86. The van der Waals surface area contributed by atoms with E-state index in [1.807, 2.05) is 6.26 Å². The van der Waals surface area contributed by atoms with Gasteiger partial charge in [0.1, 0.15) is 10.5 Å². The average Bonchev–Trinajstić information content (AvgIpc) is 2.61. The number of hydrogen-bond acceptors (Lipinski definition) is 6. The number of hydrogen-bond donors (Lipinski definition) is 2. The van der Waals surface area contributed by atoms with Gasteiger partial charge < -0.3 is 15.4 Å². The summed E-state index contributed by atoms with van der Waals surface area (Å²) < 4.78 is 1.76. The van der Waals surface area contributed by atoms with Crippen LogP contribution < -0.4 is 5.73 Å². The zero-order valence-corrected chi connectivity index (χ0v) is 9.03. The molecular weight excluding hydrogens is 214 g/mol. The van der Waals surface area contributed by atoms with Gasteiger partial charge in [-0.2, -0.15) is 4.98 Å². The number of nitrogen functional groups attached to an aromatic ring is 1. The SMILES string of the molecule is CSc1nc(N)nc2c1ncn2CCO. The molecule has 0 spiro atoms. The molecule has 7 heteroatoms. The van der Waals surface area contributed by atoms with E-state index in [-0.39, 0.29) is 12.6 Å². The molecule has 0 aliphatic rings. The first-order valence-corrected chi connectivity index (χ1v) is 5.62. The van der Waals surface area contributed by atoms with Crippen molar-refractivity contribution in [1.29, 1.82) is 0 Å². The van der Waals surface area contributed by atoms with Gasteiger partial charge in [0, 0.05) is 6.54 Å². The first-order valence-electron chi connectivity index (χ1n) is 4.39. The lowest BCUT2D eigenvalue weighted by molar-refractivity contribution is 0.277. The molecule has 2 heterocycles. The molecule has 0 bridgehead atoms. The summed E-state index contributed by atoms with van der Waals surface area (Å²) in [5.74, 6) is 0.228. The van der Waals surface area contributed by atoms with Gasteiger partial charge in [-0.3, -0.25) is 0 Å². The van der Waals surface area contributed by atoms with Crippen LogP contribution in [0.4, 0.5) is 5.95 Å². The molecule has 0 saturated carbocycles. The van der Waals surface area contributed by atoms with Gasteiger partial charge in [-0.05, 0) is 6.26 Å². The zero-order valence-electron chi connectivity index (χ0n) is 8.21. The summed E-state index contributed by atoms with van der Waals surface area (Å²) in [5.41, 5.74) is 6.98. The fourth-order valence-electron chi connectivity index (χ4n) is 1.35. The van der Waals surface area contributed by atoms with Crippen LogP contribution in [-0.2, 0) is 6.54 Å². The van der Waals surface area contributed by atoms with Crippen LogP contribution in [0.15, 0.2) is 11.4 Å². The van der Waals surface area contributed by atoms with Crippen LogP contribution in [0.5, 0.6) is 0 Å². The van der Waals surface area contributed by atoms with Gasteiger partial charge in [0.05, 0.1) is 12.9 Å². The van der Waals surface area contributed by atoms with Crippen molar-refractivity contribution in [3.8, 4) is 0 Å². The highest BCUT2D eigenvalue weighted by atomic mass is 32.2. The molecule has 3 N–H and O–H groups in total. The van der Waals surface area contributed by atoms with E-state index in [9.17, 15) is 0 Å². The number of nitrogens with zero attached hydrogens (tertiary/aromatic N) is 4. The molecule has 0 fully saturated rings. The Labute approximate surface area is 90.5 Å². The summed E-state index contributed by atoms with van der Waals surface area (Å²) in [6.07, 6.45) is 3.54. The number of imidazole rings is 1. The molecule has 2 aromatic heterocycles. The van der Waals surface area contributed by atoms with Crippen molar-refractivity contribution in [3.05, 3.63) is 6.33 Å². The van der Waals surface area contributed by atoms with Gasteiger partial charge in [0.15, 0.2) is 5.65 Å². The number of aliphatic hydroxyl groups is 1. The van der Waals surface area contributed by atoms with Crippen molar-refractivity contribution in [1.82, 2.24) is 19.5 Å². The van der Waals surface area contributed by atoms with Crippen molar-refractivity contribution in [2.75, 3.05) is 18.6 Å². The van der Waals surface area contributed by atoms with E-state index in [1.54, 1.807) is 10.9 Å². The predicted molar refractivity (Wildman–Crippen MR) is 58.6 cm³/mol. The minimum Gasteiger partial charge on any atom is -0.395 e. The van der Waals surface area contributed by atoms with Crippen molar-refractivity contribution < 1.29 is 5.11 Å². The lowest BCUT2D eigenvalue weighted by atomic mass is 10.5. The van der Waals surface area contributed by atoms with E-state index in [4.69, 9.17) is 10.8 Å². The lowest BCUT2D eigenvalue weighted by Crippen LogP contribution is -2.04. The Balaban J connectivity index is 2.64. The average molecular weight is 225 g/mol. The standard InChI is InChI=1S/C8H11N5OS/c1-15-7-5-6(11-8(9)12-7)13(2-3-14)4-10-5/h4,14H,2-3H2,1H3,(H2,9,11,12). The fraction of sp³-hybridized carbons (Fsp3) is 0.375. The molecule has 0 atom stereocenters. The maximum Gasteiger partial charge on any atom is 0.223 e. The van der Waals surface area contributed by atoms with Crippen molar-refractivity contribution in [2.45, 2.75) is 11.6 Å². The van der Waals surface area contributed by atoms with Crippen molar-refractivity contribution in [2.24, 2.45) is 0 Å². The summed E-state index contributed by atoms with van der Waals surface area (Å²) in [6.45, 7) is 0.505. The Morgan fingerprint density at radius 3 is 3.00 bits per heavy atom. The number of nitrogens with two attached hydrogens (primary N) is 1. The van der Waals surface area contributed by atoms with Crippen LogP contribution in [0.3, 0.4) is 0 Å². The highest BCUT2D eigenvalue weighted by Crippen LogP contribution is 2.22. The normalized spacial score (nSPS) is 11.1. The third kappa shape index (κ3) is 1.75. The van der Waals surface area contributed by atoms with Crippen LogP contribution in [-0.4, -0.2) is 37.5 Å². The number of aromatic nitrogens is 4. The van der Waals surface area contributed by atoms with Crippen molar-refractivity contribution >= 4 is 28.9 Å². The van der Waals surface area contributed by atoms with E-state index in [2.05, 4.69) is 15.0 Å². The van der Waals surface area contributed by atoms with Gasteiger partial charge in [-0.25, -0.2) is 9.97 Å². The highest BCUT2D eigenvalue weighted by Gasteiger charge is 2.10. The molecule has 0 aliphatic heterocycles. The van der Waals surface area contributed by atoms with Crippen LogP contribution in [0.2, 0.25) is 0 Å². The quantitative estimate of drug-likeness (QED) is 0.569. The van der Waals surface area contributed by atoms with Crippen LogP contribution in [0.1, 0.15) is 0 Å². The number of aliphatic hydroxyl groups excluding tert-OH is 1. The molecule has 0 unspecified atom stereocenters. The van der Waals surface area contributed by atoms with Crippen LogP contribution in [0, 0.1) is 0 Å². The minimum atomic E-state index is 0.0456. The van der Waals surface area contributed by atoms with E-state index in [0.717, 1.165) is 10.5 Å². The second kappa shape index (κ2) is 4.03. The predicted octanol–water partition coefficient (Wildman–Crippen LogP) is 0.123. The molecule has 0 saturated heterocycles. The molecule has 0 aliphatic carbocycles. The molecule has 15 heavy (non-hydrogen) atoms. The van der Waals surface area contributed by atoms with Gasteiger partial charge in [-0.1, -0.05) is 0 Å². The smallest absolute Gasteiger partial charge is 0.223 e. The van der Waals surface area contributed by atoms with Crippen LogP contribution >= 0.6 is 11.8 Å². The topological polar surface area (TPSA) is 89.9 Å². The number of thioether (sulfide) groups is 1. The number of anilines is 1. The summed E-state index contributed by atoms with van der Waals surface area (Å²) in [7, 11) is 0. The van der Waals surface area contributed by atoms with Crippen molar-refractivity contribution in [3.63, 3.8) is 0 Å². The second-order valence-corrected chi connectivity index (χ2v) is 3.72. The van der Waals surface area contributed by atoms with Gasteiger partial charge in [-0.15, -0.1) is 11.8 Å². The summed E-state index contributed by atoms with van der Waals surface area (Å²) in [6, 6.07) is 0. The van der Waals surface area contributed by atoms with Gasteiger partial charge in [0.25, 0.3) is 0 Å². The fourth-order valence-corrected chi connectivity index (χ4v) is 1.87.